The molecule has 0 bridgehead atoms. The lowest BCUT2D eigenvalue weighted by Gasteiger charge is -2.19. The van der Waals surface area contributed by atoms with Gasteiger partial charge in [-0.1, -0.05) is 30.1 Å². The average molecular weight is 329 g/mol. The highest BCUT2D eigenvalue weighted by Crippen LogP contribution is 2.39. The molecule has 0 unspecified atom stereocenters. The van der Waals surface area contributed by atoms with Gasteiger partial charge in [0.2, 0.25) is 0 Å². The molecule has 2 aliphatic rings. The van der Waals surface area contributed by atoms with E-state index in [-0.39, 0.29) is 23.0 Å². The van der Waals surface area contributed by atoms with Crippen LogP contribution in [0.25, 0.3) is 11.3 Å². The number of imide groups is 1. The molecule has 24 heavy (non-hydrogen) atoms. The highest BCUT2D eigenvalue weighted by Gasteiger charge is 2.54. The van der Waals surface area contributed by atoms with Crippen molar-refractivity contribution in [1.29, 1.82) is 0 Å². The molecule has 1 saturated carbocycles. The molecular formula is C17H16FN3O3. The number of amides is 3. The number of aromatic nitrogens is 1. The topological polar surface area (TPSA) is 75.4 Å². The minimum atomic E-state index is -0.819. The van der Waals surface area contributed by atoms with Gasteiger partial charge >= 0.3 is 6.03 Å². The second kappa shape index (κ2) is 5.15. The summed E-state index contributed by atoms with van der Waals surface area (Å²) in [5.74, 6) is -0.412. The van der Waals surface area contributed by atoms with E-state index in [4.69, 9.17) is 4.52 Å². The minimum absolute atomic E-state index is 0.125. The third-order valence-corrected chi connectivity index (χ3v) is 4.85. The number of halogens is 1. The number of hydrogen-bond acceptors (Lipinski definition) is 4. The Bertz CT molecular complexity index is 839. The third-order valence-electron chi connectivity index (χ3n) is 4.85. The molecule has 1 aliphatic carbocycles. The van der Waals surface area contributed by atoms with E-state index in [1.807, 2.05) is 0 Å². The number of nitrogens with one attached hydrogen (secondary N) is 1. The normalized spacial score (nSPS) is 19.3. The Balaban J connectivity index is 1.75. The van der Waals surface area contributed by atoms with Gasteiger partial charge in [0.25, 0.3) is 5.91 Å². The summed E-state index contributed by atoms with van der Waals surface area (Å²) in [6.45, 7) is 1.66. The molecule has 6 nitrogen and oxygen atoms in total. The maximum Gasteiger partial charge on any atom is 0.331 e. The molecule has 1 aliphatic heterocycles. The first-order valence-corrected chi connectivity index (χ1v) is 7.91. The van der Waals surface area contributed by atoms with Crippen LogP contribution in [0.1, 0.15) is 31.2 Å². The quantitative estimate of drug-likeness (QED) is 0.859. The Kier molecular flexibility index (Phi) is 3.19. The zero-order chi connectivity index (χ0) is 16.9. The van der Waals surface area contributed by atoms with Gasteiger partial charge in [0.15, 0.2) is 11.6 Å². The third kappa shape index (κ3) is 1.97. The van der Waals surface area contributed by atoms with Crippen LogP contribution in [0.3, 0.4) is 0 Å². The summed E-state index contributed by atoms with van der Waals surface area (Å²) in [4.78, 5) is 26.2. The lowest BCUT2D eigenvalue weighted by atomic mass is 9.98. The van der Waals surface area contributed by atoms with Crippen LogP contribution in [-0.4, -0.2) is 22.6 Å². The Morgan fingerprint density at radius 3 is 2.67 bits per heavy atom. The van der Waals surface area contributed by atoms with Crippen LogP contribution in [0.5, 0.6) is 0 Å². The predicted molar refractivity (Wildman–Crippen MR) is 83.9 cm³/mol. The van der Waals surface area contributed by atoms with Crippen molar-refractivity contribution < 1.29 is 18.5 Å². The molecule has 0 radical (unpaired) electrons. The average Bonchev–Trinajstić information content (AvgIpc) is 3.22. The Labute approximate surface area is 137 Å². The van der Waals surface area contributed by atoms with Crippen molar-refractivity contribution in [2.75, 3.05) is 4.90 Å². The molecule has 124 valence electrons. The standard InChI is InChI=1S/C17H16FN3O3/c1-10-13(11-6-2-3-7-12(11)18)24-20-14(10)21-15(22)17(19-16(21)23)8-4-5-9-17/h2-3,6-7H,4-5,8-9H2,1H3,(H,19,23). The van der Waals surface area contributed by atoms with Gasteiger partial charge in [-0.2, -0.15) is 0 Å². The van der Waals surface area contributed by atoms with Gasteiger partial charge in [0, 0.05) is 5.56 Å². The molecule has 2 heterocycles. The maximum atomic E-state index is 14.0. The van der Waals surface area contributed by atoms with E-state index < -0.39 is 17.4 Å². The van der Waals surface area contributed by atoms with Gasteiger partial charge in [-0.05, 0) is 31.9 Å². The molecule has 1 aromatic heterocycles. The lowest BCUT2D eigenvalue weighted by Crippen LogP contribution is -2.44. The van der Waals surface area contributed by atoms with Crippen molar-refractivity contribution in [3.63, 3.8) is 0 Å². The van der Waals surface area contributed by atoms with Gasteiger partial charge in [-0.25, -0.2) is 14.1 Å². The molecule has 1 saturated heterocycles. The SMILES string of the molecule is Cc1c(N2C(=O)NC3(CCCC3)C2=O)noc1-c1ccccc1F. The van der Waals surface area contributed by atoms with Gasteiger partial charge in [0.05, 0.1) is 5.56 Å². The summed E-state index contributed by atoms with van der Waals surface area (Å²) >= 11 is 0. The number of nitrogens with zero attached hydrogens (tertiary/aromatic N) is 2. The summed E-state index contributed by atoms with van der Waals surface area (Å²) in [5, 5.41) is 6.67. The molecule has 1 aromatic carbocycles. The Morgan fingerprint density at radius 1 is 1.25 bits per heavy atom. The highest BCUT2D eigenvalue weighted by molar-refractivity contribution is 6.23. The molecule has 7 heteroatoms. The maximum absolute atomic E-state index is 14.0. The largest absolute Gasteiger partial charge is 0.354 e. The van der Waals surface area contributed by atoms with E-state index >= 15 is 0 Å². The number of carbonyl (C=O) groups is 2. The van der Waals surface area contributed by atoms with E-state index in [2.05, 4.69) is 10.5 Å². The van der Waals surface area contributed by atoms with Crippen molar-refractivity contribution in [3.05, 3.63) is 35.6 Å². The fourth-order valence-electron chi connectivity index (χ4n) is 3.56. The smallest absolute Gasteiger partial charge is 0.331 e. The number of benzene rings is 1. The van der Waals surface area contributed by atoms with Gasteiger partial charge in [-0.15, -0.1) is 0 Å². The molecule has 1 spiro atoms. The summed E-state index contributed by atoms with van der Waals surface area (Å²) in [6, 6.07) is 5.64. The highest BCUT2D eigenvalue weighted by atomic mass is 19.1. The van der Waals surface area contributed by atoms with Gasteiger partial charge in [-0.3, -0.25) is 4.79 Å². The van der Waals surface area contributed by atoms with Crippen LogP contribution in [0.2, 0.25) is 0 Å². The molecule has 3 amide bonds. The van der Waals surface area contributed by atoms with E-state index in [1.165, 1.54) is 6.07 Å². The van der Waals surface area contributed by atoms with Gasteiger partial charge < -0.3 is 9.84 Å². The summed E-state index contributed by atoms with van der Waals surface area (Å²) in [6.07, 6.45) is 3.06. The number of hydrogen-bond donors (Lipinski definition) is 1. The van der Waals surface area contributed by atoms with Crippen LogP contribution in [0.4, 0.5) is 15.0 Å². The van der Waals surface area contributed by atoms with Gasteiger partial charge in [0.1, 0.15) is 11.4 Å². The first kappa shape index (κ1) is 14.9. The number of carbonyl (C=O) groups excluding carboxylic acids is 2. The van der Waals surface area contributed by atoms with Crippen LogP contribution in [0, 0.1) is 12.7 Å². The summed E-state index contributed by atoms with van der Waals surface area (Å²) < 4.78 is 19.2. The first-order chi connectivity index (χ1) is 11.5. The fourth-order valence-corrected chi connectivity index (χ4v) is 3.56. The van der Waals surface area contributed by atoms with Crippen molar-refractivity contribution in [2.24, 2.45) is 0 Å². The summed E-state index contributed by atoms with van der Waals surface area (Å²) in [5.41, 5.74) is -0.115. The molecular weight excluding hydrogens is 313 g/mol. The molecule has 0 atom stereocenters. The van der Waals surface area contributed by atoms with Crippen molar-refractivity contribution in [3.8, 4) is 11.3 Å². The number of rotatable bonds is 2. The molecule has 1 N–H and O–H groups in total. The van der Waals surface area contributed by atoms with Crippen LogP contribution in [0.15, 0.2) is 28.8 Å². The zero-order valence-electron chi connectivity index (χ0n) is 13.1. The van der Waals surface area contributed by atoms with Crippen molar-refractivity contribution in [1.82, 2.24) is 10.5 Å². The molecule has 4 rings (SSSR count). The van der Waals surface area contributed by atoms with E-state index in [9.17, 15) is 14.0 Å². The summed E-state index contributed by atoms with van der Waals surface area (Å²) in [7, 11) is 0. The minimum Gasteiger partial charge on any atom is -0.354 e. The Morgan fingerprint density at radius 2 is 1.96 bits per heavy atom. The van der Waals surface area contributed by atoms with Crippen LogP contribution < -0.4 is 10.2 Å². The molecule has 2 fully saturated rings. The number of urea groups is 1. The Hall–Kier alpha value is -2.70. The van der Waals surface area contributed by atoms with Crippen LogP contribution >= 0.6 is 0 Å². The van der Waals surface area contributed by atoms with E-state index in [1.54, 1.807) is 25.1 Å². The van der Waals surface area contributed by atoms with Crippen molar-refractivity contribution >= 4 is 17.8 Å². The lowest BCUT2D eigenvalue weighted by molar-refractivity contribution is -0.121. The second-order valence-electron chi connectivity index (χ2n) is 6.30. The predicted octanol–water partition coefficient (Wildman–Crippen LogP) is 3.16. The van der Waals surface area contributed by atoms with Crippen LogP contribution in [-0.2, 0) is 4.79 Å². The number of anilines is 1. The molecule has 2 aromatic rings. The van der Waals surface area contributed by atoms with Crippen molar-refractivity contribution in [2.45, 2.75) is 38.1 Å². The second-order valence-corrected chi connectivity index (χ2v) is 6.30. The first-order valence-electron chi connectivity index (χ1n) is 7.91. The van der Waals surface area contributed by atoms with E-state index in [0.29, 0.717) is 18.4 Å². The zero-order valence-corrected chi connectivity index (χ0v) is 13.1. The van der Waals surface area contributed by atoms with E-state index in [0.717, 1.165) is 17.7 Å². The monoisotopic (exact) mass is 329 g/mol. The fraction of sp³-hybridized carbons (Fsp3) is 0.353.